The molecule has 0 spiro atoms. The van der Waals surface area contributed by atoms with Crippen molar-refractivity contribution in [1.82, 2.24) is 10.6 Å². The predicted octanol–water partition coefficient (Wildman–Crippen LogP) is 6.36. The summed E-state index contributed by atoms with van der Waals surface area (Å²) in [6, 6.07) is 0.430. The maximum Gasteiger partial charge on any atom is 0.315 e. The van der Waals surface area contributed by atoms with Crippen molar-refractivity contribution in [3.05, 3.63) is 12.2 Å². The largest absolute Gasteiger partial charge is 0.481 e. The van der Waals surface area contributed by atoms with Crippen LogP contribution in [0.25, 0.3) is 0 Å². The van der Waals surface area contributed by atoms with E-state index in [9.17, 15) is 14.4 Å². The third kappa shape index (κ3) is 13.0. The monoisotopic (exact) mass is 524 g/mol. The van der Waals surface area contributed by atoms with E-state index < -0.39 is 5.97 Å². The molecule has 0 aromatic heterocycles. The first-order valence-electron chi connectivity index (χ1n) is 14.2. The molecule has 2 rings (SSSR count). The zero-order valence-electron chi connectivity index (χ0n) is 22.2. The lowest BCUT2D eigenvalue weighted by Gasteiger charge is -2.18. The van der Waals surface area contributed by atoms with Gasteiger partial charge in [-0.1, -0.05) is 64.0 Å². The van der Waals surface area contributed by atoms with Crippen LogP contribution in [-0.4, -0.2) is 52.3 Å². The number of urea groups is 1. The average Bonchev–Trinajstić information content (AvgIpc) is 3.39. The quantitative estimate of drug-likeness (QED) is 0.0699. The van der Waals surface area contributed by atoms with Crippen molar-refractivity contribution in [2.24, 2.45) is 0 Å². The molecule has 36 heavy (non-hydrogen) atoms. The van der Waals surface area contributed by atoms with Crippen LogP contribution in [0.3, 0.4) is 0 Å². The first-order chi connectivity index (χ1) is 17.5. The Morgan fingerprint density at radius 3 is 2.56 bits per heavy atom. The first-order valence-corrected chi connectivity index (χ1v) is 15.3. The molecule has 2 amide bonds. The van der Waals surface area contributed by atoms with E-state index in [0.717, 1.165) is 82.8 Å². The molecule has 2 saturated heterocycles. The standard InChI is InChI=1S/C28H48N2O5S/c1-2-3-4-11-16-22(17-12-9-7-5-6-8-10-13-19-25(31)32)35-26(33)20-15-14-18-24-27-23(21-36-24)29-28(34)30-27/h9,12,22-24,27H,2-8,10-11,13-21H2,1H3,(H,31,32)(H2,29,30,34)/b12-9-/t22-,23+,24+,27+/m1/s1. The second kappa shape index (κ2) is 18.5. The number of carboxylic acid groups (broad SMARTS) is 1. The van der Waals surface area contributed by atoms with Crippen molar-refractivity contribution in [3.8, 4) is 0 Å². The molecule has 2 aliphatic rings. The second-order valence-electron chi connectivity index (χ2n) is 10.2. The van der Waals surface area contributed by atoms with Crippen LogP contribution in [0.4, 0.5) is 4.79 Å². The van der Waals surface area contributed by atoms with Gasteiger partial charge in [0.2, 0.25) is 0 Å². The number of aliphatic carboxylic acids is 1. The van der Waals surface area contributed by atoms with E-state index in [2.05, 4.69) is 29.7 Å². The fourth-order valence-electron chi connectivity index (χ4n) is 4.96. The summed E-state index contributed by atoms with van der Waals surface area (Å²) in [5.74, 6) is 0.177. The van der Waals surface area contributed by atoms with E-state index in [1.165, 1.54) is 19.3 Å². The molecule has 2 fully saturated rings. The molecule has 0 aliphatic carbocycles. The van der Waals surface area contributed by atoms with Gasteiger partial charge in [0.25, 0.3) is 0 Å². The maximum absolute atomic E-state index is 12.5. The summed E-state index contributed by atoms with van der Waals surface area (Å²) in [6.07, 6.45) is 20.4. The zero-order chi connectivity index (χ0) is 26.0. The number of thioether (sulfide) groups is 1. The number of hydrogen-bond donors (Lipinski definition) is 3. The molecular weight excluding hydrogens is 476 g/mol. The van der Waals surface area contributed by atoms with E-state index in [1.54, 1.807) is 0 Å². The molecule has 206 valence electrons. The normalized spacial score (nSPS) is 21.8. The number of carboxylic acids is 1. The predicted molar refractivity (Wildman–Crippen MR) is 146 cm³/mol. The van der Waals surface area contributed by atoms with Gasteiger partial charge in [0.1, 0.15) is 6.10 Å². The smallest absolute Gasteiger partial charge is 0.315 e. The molecule has 7 nitrogen and oxygen atoms in total. The fourth-order valence-corrected chi connectivity index (χ4v) is 6.50. The molecule has 0 aromatic carbocycles. The third-order valence-corrected chi connectivity index (χ3v) is 8.57. The van der Waals surface area contributed by atoms with Gasteiger partial charge in [-0.2, -0.15) is 11.8 Å². The first kappa shape index (κ1) is 30.5. The number of carbonyl (C=O) groups is 3. The van der Waals surface area contributed by atoms with Gasteiger partial charge in [0.05, 0.1) is 12.1 Å². The minimum atomic E-state index is -0.706. The highest BCUT2D eigenvalue weighted by atomic mass is 32.2. The van der Waals surface area contributed by atoms with Gasteiger partial charge in [-0.3, -0.25) is 9.59 Å². The SMILES string of the molecule is CCCCCC[C@H](C/C=C\CCCCCCCC(=O)O)OC(=O)CCCC[C@@H]1SC[C@@H]2NC(=O)N[C@@H]21. The van der Waals surface area contributed by atoms with Crippen molar-refractivity contribution < 1.29 is 24.2 Å². The molecule has 2 heterocycles. The molecular formula is C28H48N2O5S. The van der Waals surface area contributed by atoms with Gasteiger partial charge in [-0.05, 0) is 44.9 Å². The highest BCUT2D eigenvalue weighted by Gasteiger charge is 2.42. The fraction of sp³-hybridized carbons (Fsp3) is 0.821. The summed E-state index contributed by atoms with van der Waals surface area (Å²) in [5, 5.41) is 15.1. The van der Waals surface area contributed by atoms with Crippen molar-refractivity contribution in [2.75, 3.05) is 5.75 Å². The summed E-state index contributed by atoms with van der Waals surface area (Å²) >= 11 is 1.92. The van der Waals surface area contributed by atoms with Crippen LogP contribution in [0.5, 0.6) is 0 Å². The number of fused-ring (bicyclic) bond motifs is 1. The molecule has 0 aromatic rings. The van der Waals surface area contributed by atoms with Crippen molar-refractivity contribution in [3.63, 3.8) is 0 Å². The molecule has 0 bridgehead atoms. The van der Waals surface area contributed by atoms with Crippen LogP contribution >= 0.6 is 11.8 Å². The number of esters is 1. The zero-order valence-corrected chi connectivity index (χ0v) is 23.0. The summed E-state index contributed by atoms with van der Waals surface area (Å²) in [4.78, 5) is 34.6. The Bertz CT molecular complexity index is 687. The van der Waals surface area contributed by atoms with E-state index in [1.807, 2.05) is 11.8 Å². The minimum Gasteiger partial charge on any atom is -0.481 e. The molecule has 2 aliphatic heterocycles. The summed E-state index contributed by atoms with van der Waals surface area (Å²) in [5.41, 5.74) is 0. The van der Waals surface area contributed by atoms with Crippen LogP contribution < -0.4 is 10.6 Å². The Kier molecular flexibility index (Phi) is 15.7. The average molecular weight is 525 g/mol. The maximum atomic E-state index is 12.5. The number of rotatable bonds is 21. The van der Waals surface area contributed by atoms with Gasteiger partial charge >= 0.3 is 18.0 Å². The van der Waals surface area contributed by atoms with Gasteiger partial charge < -0.3 is 20.5 Å². The van der Waals surface area contributed by atoms with Crippen LogP contribution in [-0.2, 0) is 14.3 Å². The molecule has 0 radical (unpaired) electrons. The summed E-state index contributed by atoms with van der Waals surface area (Å²) < 4.78 is 5.87. The number of allylic oxidation sites excluding steroid dienone is 1. The van der Waals surface area contributed by atoms with Crippen LogP contribution in [0.1, 0.15) is 116 Å². The van der Waals surface area contributed by atoms with Crippen LogP contribution in [0, 0.1) is 0 Å². The Labute approximate surface area is 222 Å². The van der Waals surface area contributed by atoms with Gasteiger partial charge in [-0.15, -0.1) is 0 Å². The highest BCUT2D eigenvalue weighted by Crippen LogP contribution is 2.33. The lowest BCUT2D eigenvalue weighted by molar-refractivity contribution is -0.149. The number of unbranched alkanes of at least 4 members (excludes halogenated alkanes) is 9. The van der Waals surface area contributed by atoms with Crippen molar-refractivity contribution >= 4 is 29.7 Å². The van der Waals surface area contributed by atoms with Crippen LogP contribution in [0.2, 0.25) is 0 Å². The lowest BCUT2D eigenvalue weighted by Crippen LogP contribution is -2.36. The Hall–Kier alpha value is -1.70. The number of hydrogen-bond acceptors (Lipinski definition) is 5. The van der Waals surface area contributed by atoms with Gasteiger partial charge in [0.15, 0.2) is 0 Å². The Morgan fingerprint density at radius 2 is 1.75 bits per heavy atom. The summed E-state index contributed by atoms with van der Waals surface area (Å²) in [6.45, 7) is 2.20. The Morgan fingerprint density at radius 1 is 1.00 bits per heavy atom. The van der Waals surface area contributed by atoms with Crippen molar-refractivity contribution in [1.29, 1.82) is 0 Å². The number of amides is 2. The number of nitrogens with one attached hydrogen (secondary N) is 2. The molecule has 0 unspecified atom stereocenters. The number of ether oxygens (including phenoxy) is 1. The van der Waals surface area contributed by atoms with E-state index in [4.69, 9.17) is 9.84 Å². The second-order valence-corrected chi connectivity index (χ2v) is 11.5. The topological polar surface area (TPSA) is 105 Å². The van der Waals surface area contributed by atoms with E-state index in [0.29, 0.717) is 11.7 Å². The molecule has 8 heteroatoms. The lowest BCUT2D eigenvalue weighted by atomic mass is 10.0. The van der Waals surface area contributed by atoms with Gasteiger partial charge in [-0.25, -0.2) is 4.79 Å². The van der Waals surface area contributed by atoms with Crippen molar-refractivity contribution in [2.45, 2.75) is 140 Å². The highest BCUT2D eigenvalue weighted by molar-refractivity contribution is 8.00. The third-order valence-electron chi connectivity index (χ3n) is 7.06. The summed E-state index contributed by atoms with van der Waals surface area (Å²) in [7, 11) is 0. The van der Waals surface area contributed by atoms with Gasteiger partial charge in [0, 0.05) is 30.3 Å². The minimum absolute atomic E-state index is 0.0347. The number of carbonyl (C=O) groups excluding carboxylic acids is 2. The van der Waals surface area contributed by atoms with Crippen LogP contribution in [0.15, 0.2) is 12.2 Å². The molecule has 4 atom stereocenters. The molecule has 3 N–H and O–H groups in total. The Balaban J connectivity index is 1.59. The van der Waals surface area contributed by atoms with E-state index in [-0.39, 0.29) is 36.6 Å². The van der Waals surface area contributed by atoms with E-state index >= 15 is 0 Å². The molecule has 0 saturated carbocycles.